The van der Waals surface area contributed by atoms with E-state index in [0.717, 1.165) is 5.56 Å². The molecule has 1 heterocycles. The Morgan fingerprint density at radius 3 is 2.79 bits per heavy atom. The summed E-state index contributed by atoms with van der Waals surface area (Å²) in [6.45, 7) is 3.81. The SMILES string of the molecule is CC1(C)Cc2cccc(OC(=O)NS(=O)(=O)Cl)c2O1. The lowest BCUT2D eigenvalue weighted by molar-refractivity contribution is 0.133. The Labute approximate surface area is 115 Å². The van der Waals surface area contributed by atoms with Crippen molar-refractivity contribution in [1.82, 2.24) is 4.72 Å². The summed E-state index contributed by atoms with van der Waals surface area (Å²) in [4.78, 5) is 11.3. The number of ether oxygens (including phenoxy) is 2. The molecule has 0 spiro atoms. The van der Waals surface area contributed by atoms with Crippen LogP contribution in [0.3, 0.4) is 0 Å². The Morgan fingerprint density at radius 1 is 1.47 bits per heavy atom. The van der Waals surface area contributed by atoms with Crippen LogP contribution in [-0.4, -0.2) is 20.1 Å². The lowest BCUT2D eigenvalue weighted by Crippen LogP contribution is -2.29. The van der Waals surface area contributed by atoms with Crippen molar-refractivity contribution >= 4 is 26.0 Å². The van der Waals surface area contributed by atoms with Crippen molar-refractivity contribution in [1.29, 1.82) is 0 Å². The van der Waals surface area contributed by atoms with Crippen LogP contribution in [0.5, 0.6) is 11.5 Å². The molecule has 6 nitrogen and oxygen atoms in total. The van der Waals surface area contributed by atoms with Crippen molar-refractivity contribution in [2.24, 2.45) is 0 Å². The molecule has 104 valence electrons. The van der Waals surface area contributed by atoms with Crippen LogP contribution < -0.4 is 14.2 Å². The van der Waals surface area contributed by atoms with E-state index in [1.54, 1.807) is 6.07 Å². The molecular formula is C11H12ClNO5S. The van der Waals surface area contributed by atoms with Crippen LogP contribution in [0, 0.1) is 0 Å². The molecule has 0 unspecified atom stereocenters. The fourth-order valence-electron chi connectivity index (χ4n) is 1.89. The normalized spacial score (nSPS) is 16.4. The van der Waals surface area contributed by atoms with Gasteiger partial charge < -0.3 is 9.47 Å². The maximum Gasteiger partial charge on any atom is 0.427 e. The van der Waals surface area contributed by atoms with E-state index in [4.69, 9.17) is 20.2 Å². The van der Waals surface area contributed by atoms with Crippen LogP contribution in [-0.2, 0) is 15.7 Å². The van der Waals surface area contributed by atoms with Crippen LogP contribution in [0.15, 0.2) is 18.2 Å². The zero-order valence-electron chi connectivity index (χ0n) is 10.3. The monoisotopic (exact) mass is 305 g/mol. The number of nitrogens with one attached hydrogen (secondary N) is 1. The first-order valence-corrected chi connectivity index (χ1v) is 7.72. The number of amides is 1. The Bertz CT molecular complexity index is 626. The van der Waals surface area contributed by atoms with Gasteiger partial charge in [0, 0.05) is 22.7 Å². The molecule has 0 saturated heterocycles. The zero-order chi connectivity index (χ0) is 14.3. The molecule has 1 amide bonds. The average molecular weight is 306 g/mol. The van der Waals surface area contributed by atoms with E-state index < -0.39 is 20.9 Å². The van der Waals surface area contributed by atoms with Crippen molar-refractivity contribution < 1.29 is 22.7 Å². The van der Waals surface area contributed by atoms with E-state index in [1.165, 1.54) is 10.8 Å². The third kappa shape index (κ3) is 3.51. The molecule has 0 radical (unpaired) electrons. The van der Waals surface area contributed by atoms with Gasteiger partial charge in [-0.2, -0.15) is 8.42 Å². The molecule has 1 aromatic carbocycles. The summed E-state index contributed by atoms with van der Waals surface area (Å²) in [6.07, 6.45) is -0.508. The quantitative estimate of drug-likeness (QED) is 0.845. The first-order valence-electron chi connectivity index (χ1n) is 5.41. The van der Waals surface area contributed by atoms with E-state index in [1.807, 2.05) is 19.9 Å². The number of para-hydroxylation sites is 1. The van der Waals surface area contributed by atoms with Gasteiger partial charge in [-0.15, -0.1) is 0 Å². The highest BCUT2D eigenvalue weighted by Gasteiger charge is 2.32. The van der Waals surface area contributed by atoms with Gasteiger partial charge in [0.15, 0.2) is 11.5 Å². The molecule has 0 aromatic heterocycles. The third-order valence-electron chi connectivity index (χ3n) is 2.46. The van der Waals surface area contributed by atoms with E-state index in [2.05, 4.69) is 0 Å². The van der Waals surface area contributed by atoms with Gasteiger partial charge in [-0.3, -0.25) is 0 Å². The summed E-state index contributed by atoms with van der Waals surface area (Å²) in [7, 11) is 0.712. The summed E-state index contributed by atoms with van der Waals surface area (Å²) < 4.78 is 33.4. The molecule has 1 N–H and O–H groups in total. The van der Waals surface area contributed by atoms with E-state index in [9.17, 15) is 13.2 Å². The summed E-state index contributed by atoms with van der Waals surface area (Å²) >= 11 is 0. The minimum atomic E-state index is -4.17. The summed E-state index contributed by atoms with van der Waals surface area (Å²) in [5, 5.41) is 0. The number of carbonyl (C=O) groups excluding carboxylic acids is 1. The van der Waals surface area contributed by atoms with Crippen molar-refractivity contribution in [2.75, 3.05) is 0 Å². The minimum Gasteiger partial charge on any atom is -0.483 e. The van der Waals surface area contributed by atoms with Crippen LogP contribution in [0.25, 0.3) is 0 Å². The minimum absolute atomic E-state index is 0.154. The van der Waals surface area contributed by atoms with Gasteiger partial charge in [0.2, 0.25) is 0 Å². The predicted molar refractivity (Wildman–Crippen MR) is 68.8 cm³/mol. The molecule has 0 saturated carbocycles. The Balaban J connectivity index is 2.20. The number of benzene rings is 1. The van der Waals surface area contributed by atoms with Gasteiger partial charge in [-0.05, 0) is 19.9 Å². The second kappa shape index (κ2) is 4.57. The second-order valence-corrected chi connectivity index (χ2v) is 7.01. The maximum atomic E-state index is 11.3. The summed E-state index contributed by atoms with van der Waals surface area (Å²) in [6, 6.07) is 5.06. The number of rotatable bonds is 2. The Morgan fingerprint density at radius 2 is 2.16 bits per heavy atom. The Hall–Kier alpha value is -1.47. The van der Waals surface area contributed by atoms with Crippen LogP contribution in [0.4, 0.5) is 4.79 Å². The molecule has 1 aliphatic rings. The molecule has 0 fully saturated rings. The molecule has 1 aliphatic heterocycles. The predicted octanol–water partition coefficient (Wildman–Crippen LogP) is 1.97. The molecule has 0 atom stereocenters. The highest BCUT2D eigenvalue weighted by atomic mass is 35.7. The summed E-state index contributed by atoms with van der Waals surface area (Å²) in [5.74, 6) is 0.593. The molecule has 1 aromatic rings. The number of hydrogen-bond acceptors (Lipinski definition) is 5. The number of carbonyl (C=O) groups is 1. The van der Waals surface area contributed by atoms with Gasteiger partial charge in [0.05, 0.1) is 0 Å². The lowest BCUT2D eigenvalue weighted by atomic mass is 10.0. The van der Waals surface area contributed by atoms with Crippen LogP contribution >= 0.6 is 10.7 Å². The highest BCUT2D eigenvalue weighted by molar-refractivity contribution is 8.12. The fourth-order valence-corrected chi connectivity index (χ4v) is 2.32. The number of fused-ring (bicyclic) bond motifs is 1. The topological polar surface area (TPSA) is 81.7 Å². The van der Waals surface area contributed by atoms with Crippen LogP contribution in [0.1, 0.15) is 19.4 Å². The average Bonchev–Trinajstić information content (AvgIpc) is 2.50. The first-order chi connectivity index (χ1) is 8.66. The van der Waals surface area contributed by atoms with Gasteiger partial charge in [-0.1, -0.05) is 12.1 Å². The van der Waals surface area contributed by atoms with Crippen molar-refractivity contribution in [2.45, 2.75) is 25.9 Å². The first kappa shape index (κ1) is 14.0. The standard InChI is InChI=1S/C11H12ClNO5S/c1-11(2)6-7-4-3-5-8(9(7)18-11)17-10(14)13-19(12,15)16/h3-5H,6H2,1-2H3,(H,13,14). The molecule has 19 heavy (non-hydrogen) atoms. The molecule has 0 bridgehead atoms. The maximum absolute atomic E-state index is 11.3. The zero-order valence-corrected chi connectivity index (χ0v) is 11.8. The van der Waals surface area contributed by atoms with Crippen molar-refractivity contribution in [3.63, 3.8) is 0 Å². The lowest BCUT2D eigenvalue weighted by Gasteiger charge is -2.17. The highest BCUT2D eigenvalue weighted by Crippen LogP contribution is 2.41. The fraction of sp³-hybridized carbons (Fsp3) is 0.364. The van der Waals surface area contributed by atoms with E-state index in [0.29, 0.717) is 12.2 Å². The van der Waals surface area contributed by atoms with Crippen LogP contribution in [0.2, 0.25) is 0 Å². The van der Waals surface area contributed by atoms with Crippen molar-refractivity contribution in [3.8, 4) is 11.5 Å². The van der Waals surface area contributed by atoms with Gasteiger partial charge in [0.25, 0.3) is 0 Å². The van der Waals surface area contributed by atoms with Gasteiger partial charge in [-0.25, -0.2) is 9.52 Å². The molecule has 2 rings (SSSR count). The molecule has 8 heteroatoms. The van der Waals surface area contributed by atoms with Gasteiger partial charge in [0.1, 0.15) is 5.60 Å². The smallest absolute Gasteiger partial charge is 0.427 e. The van der Waals surface area contributed by atoms with E-state index in [-0.39, 0.29) is 5.75 Å². The van der Waals surface area contributed by atoms with Gasteiger partial charge >= 0.3 is 15.3 Å². The summed E-state index contributed by atoms with van der Waals surface area (Å²) in [5.41, 5.74) is 0.501. The number of hydrogen-bond donors (Lipinski definition) is 1. The van der Waals surface area contributed by atoms with E-state index >= 15 is 0 Å². The molecular weight excluding hydrogens is 294 g/mol. The Kier molecular flexibility index (Phi) is 3.36. The molecule has 0 aliphatic carbocycles. The number of halogens is 1. The second-order valence-electron chi connectivity index (χ2n) is 4.71. The third-order valence-corrected chi connectivity index (χ3v) is 3.10. The van der Waals surface area contributed by atoms with Crippen molar-refractivity contribution in [3.05, 3.63) is 23.8 Å². The largest absolute Gasteiger partial charge is 0.483 e.